The molecule has 1 aromatic rings. The molecule has 0 heterocycles. The van der Waals surface area contributed by atoms with Crippen molar-refractivity contribution in [3.8, 4) is 5.75 Å². The maximum Gasteiger partial charge on any atom is 0.346 e. The first kappa shape index (κ1) is 11.4. The van der Waals surface area contributed by atoms with Crippen molar-refractivity contribution < 1.29 is 14.1 Å². The highest BCUT2D eigenvalue weighted by Crippen LogP contribution is 2.29. The van der Waals surface area contributed by atoms with Crippen LogP contribution < -0.4 is 10.1 Å². The smallest absolute Gasteiger partial charge is 0.346 e. The van der Waals surface area contributed by atoms with Crippen LogP contribution in [-0.4, -0.2) is 25.1 Å². The molecule has 6 heteroatoms. The summed E-state index contributed by atoms with van der Waals surface area (Å²) in [7, 11) is 1.73. The summed E-state index contributed by atoms with van der Waals surface area (Å²) >= 11 is 0. The first-order chi connectivity index (χ1) is 7.16. The second kappa shape index (κ2) is 5.26. The molecule has 0 unspecified atom stereocenters. The standard InChI is InChI=1S/C9H11FN2O3/c1-11-5-6-15-8-4-2-3-7(10)9(8)12(13)14/h2-4,11H,5-6H2,1H3. The fraction of sp³-hybridized carbons (Fsp3) is 0.333. The van der Waals surface area contributed by atoms with Crippen LogP contribution in [0.15, 0.2) is 18.2 Å². The van der Waals surface area contributed by atoms with E-state index < -0.39 is 16.4 Å². The van der Waals surface area contributed by atoms with E-state index in [2.05, 4.69) is 5.32 Å². The molecule has 0 atom stereocenters. The predicted octanol–water partition coefficient (Wildman–Crippen LogP) is 1.33. The number of likely N-dealkylation sites (N-methyl/N-ethyl adjacent to an activating group) is 1. The lowest BCUT2D eigenvalue weighted by Gasteiger charge is -2.06. The average Bonchev–Trinajstić information content (AvgIpc) is 2.17. The summed E-state index contributed by atoms with van der Waals surface area (Å²) < 4.78 is 18.1. The Bertz CT molecular complexity index is 357. The normalized spacial score (nSPS) is 10.0. The van der Waals surface area contributed by atoms with Gasteiger partial charge in [-0.15, -0.1) is 0 Å². The predicted molar refractivity (Wildman–Crippen MR) is 52.5 cm³/mol. The first-order valence-electron chi connectivity index (χ1n) is 4.37. The molecule has 5 nitrogen and oxygen atoms in total. The van der Waals surface area contributed by atoms with E-state index in [9.17, 15) is 14.5 Å². The third-order valence-corrected chi connectivity index (χ3v) is 1.74. The summed E-state index contributed by atoms with van der Waals surface area (Å²) in [6.07, 6.45) is 0. The zero-order valence-electron chi connectivity index (χ0n) is 8.20. The lowest BCUT2D eigenvalue weighted by atomic mass is 10.3. The van der Waals surface area contributed by atoms with Crippen molar-refractivity contribution in [2.24, 2.45) is 0 Å². The van der Waals surface area contributed by atoms with Crippen molar-refractivity contribution in [3.63, 3.8) is 0 Å². The number of ether oxygens (including phenoxy) is 1. The minimum atomic E-state index is -0.887. The molecule has 82 valence electrons. The largest absolute Gasteiger partial charge is 0.485 e. The van der Waals surface area contributed by atoms with Crippen LogP contribution in [0.25, 0.3) is 0 Å². The number of hydrogen-bond acceptors (Lipinski definition) is 4. The van der Waals surface area contributed by atoms with Gasteiger partial charge in [0.1, 0.15) is 6.61 Å². The van der Waals surface area contributed by atoms with E-state index in [4.69, 9.17) is 4.74 Å². The van der Waals surface area contributed by atoms with Crippen LogP contribution in [0.3, 0.4) is 0 Å². The summed E-state index contributed by atoms with van der Waals surface area (Å²) in [6.45, 7) is 0.786. The molecule has 0 bridgehead atoms. The highest BCUT2D eigenvalue weighted by Gasteiger charge is 2.20. The van der Waals surface area contributed by atoms with Gasteiger partial charge >= 0.3 is 5.69 Å². The number of nitrogens with zero attached hydrogens (tertiary/aromatic N) is 1. The third kappa shape index (κ3) is 2.88. The maximum atomic E-state index is 13.1. The highest BCUT2D eigenvalue weighted by atomic mass is 19.1. The molecule has 0 aliphatic carbocycles. The summed E-state index contributed by atoms with van der Waals surface area (Å²) in [5.74, 6) is -0.933. The number of halogens is 1. The Hall–Kier alpha value is -1.69. The van der Waals surface area contributed by atoms with Crippen LogP contribution in [-0.2, 0) is 0 Å². The van der Waals surface area contributed by atoms with Crippen molar-refractivity contribution in [1.82, 2.24) is 5.32 Å². The molecule has 1 N–H and O–H groups in total. The molecule has 0 spiro atoms. The minimum absolute atomic E-state index is 0.0461. The fourth-order valence-corrected chi connectivity index (χ4v) is 1.05. The minimum Gasteiger partial charge on any atom is -0.485 e. The molecule has 0 aliphatic rings. The molecule has 0 saturated heterocycles. The van der Waals surface area contributed by atoms with E-state index in [1.54, 1.807) is 7.05 Å². The van der Waals surface area contributed by atoms with Gasteiger partial charge in [0, 0.05) is 6.54 Å². The van der Waals surface area contributed by atoms with Crippen molar-refractivity contribution in [2.75, 3.05) is 20.2 Å². The number of nitro benzene ring substituents is 1. The van der Waals surface area contributed by atoms with Crippen molar-refractivity contribution in [1.29, 1.82) is 0 Å². The summed E-state index contributed by atoms with van der Waals surface area (Å²) in [5.41, 5.74) is -0.617. The Labute approximate surface area is 86.0 Å². The molecule has 0 amide bonds. The molecule has 0 radical (unpaired) electrons. The fourth-order valence-electron chi connectivity index (χ4n) is 1.05. The van der Waals surface area contributed by atoms with Crippen LogP contribution in [0, 0.1) is 15.9 Å². The van der Waals surface area contributed by atoms with E-state index in [0.29, 0.717) is 6.54 Å². The zero-order chi connectivity index (χ0) is 11.3. The molecule has 0 aliphatic heterocycles. The highest BCUT2D eigenvalue weighted by molar-refractivity contribution is 5.47. The van der Waals surface area contributed by atoms with Crippen LogP contribution in [0.5, 0.6) is 5.75 Å². The molecule has 1 rings (SSSR count). The van der Waals surface area contributed by atoms with Gasteiger partial charge in [-0.2, -0.15) is 4.39 Å². The summed E-state index contributed by atoms with van der Waals surface area (Å²) in [5, 5.41) is 13.4. The summed E-state index contributed by atoms with van der Waals surface area (Å²) in [6, 6.07) is 3.77. The van der Waals surface area contributed by atoms with Gasteiger partial charge in [-0.25, -0.2) is 0 Å². The van der Waals surface area contributed by atoms with Crippen molar-refractivity contribution in [3.05, 3.63) is 34.1 Å². The Morgan fingerprint density at radius 2 is 2.33 bits per heavy atom. The van der Waals surface area contributed by atoms with E-state index >= 15 is 0 Å². The molecular weight excluding hydrogens is 203 g/mol. The number of para-hydroxylation sites is 1. The number of hydrogen-bond donors (Lipinski definition) is 1. The first-order valence-corrected chi connectivity index (χ1v) is 4.37. The van der Waals surface area contributed by atoms with Gasteiger partial charge in [-0.1, -0.05) is 6.07 Å². The second-order valence-corrected chi connectivity index (χ2v) is 2.80. The third-order valence-electron chi connectivity index (χ3n) is 1.74. The Kier molecular flexibility index (Phi) is 3.99. The second-order valence-electron chi connectivity index (χ2n) is 2.80. The molecule has 0 fully saturated rings. The number of benzene rings is 1. The Balaban J connectivity index is 2.86. The molecular formula is C9H11FN2O3. The van der Waals surface area contributed by atoms with Crippen molar-refractivity contribution in [2.45, 2.75) is 0 Å². The Morgan fingerprint density at radius 3 is 2.93 bits per heavy atom. The van der Waals surface area contributed by atoms with Gasteiger partial charge in [0.05, 0.1) is 4.92 Å². The van der Waals surface area contributed by atoms with Gasteiger partial charge < -0.3 is 10.1 Å². The van der Waals surface area contributed by atoms with Gasteiger partial charge in [0.15, 0.2) is 5.75 Å². The monoisotopic (exact) mass is 214 g/mol. The summed E-state index contributed by atoms with van der Waals surface area (Å²) in [4.78, 5) is 9.76. The number of nitrogens with one attached hydrogen (secondary N) is 1. The SMILES string of the molecule is CNCCOc1cccc(F)c1[N+](=O)[O-]. The number of rotatable bonds is 5. The van der Waals surface area contributed by atoms with Gasteiger partial charge in [-0.05, 0) is 19.2 Å². The average molecular weight is 214 g/mol. The van der Waals surface area contributed by atoms with E-state index in [1.165, 1.54) is 12.1 Å². The lowest BCUT2D eigenvalue weighted by molar-refractivity contribution is -0.388. The van der Waals surface area contributed by atoms with Crippen LogP contribution >= 0.6 is 0 Å². The maximum absolute atomic E-state index is 13.1. The molecule has 0 aromatic heterocycles. The quantitative estimate of drug-likeness (QED) is 0.456. The van der Waals surface area contributed by atoms with E-state index in [0.717, 1.165) is 6.07 Å². The molecule has 15 heavy (non-hydrogen) atoms. The van der Waals surface area contributed by atoms with E-state index in [-0.39, 0.29) is 12.4 Å². The van der Waals surface area contributed by atoms with Gasteiger partial charge in [0.25, 0.3) is 0 Å². The van der Waals surface area contributed by atoms with Gasteiger partial charge in [-0.3, -0.25) is 10.1 Å². The van der Waals surface area contributed by atoms with Crippen molar-refractivity contribution >= 4 is 5.69 Å². The lowest BCUT2D eigenvalue weighted by Crippen LogP contribution is -2.16. The van der Waals surface area contributed by atoms with Crippen LogP contribution in [0.1, 0.15) is 0 Å². The van der Waals surface area contributed by atoms with Crippen LogP contribution in [0.2, 0.25) is 0 Å². The molecule has 1 aromatic carbocycles. The molecule has 0 saturated carbocycles. The van der Waals surface area contributed by atoms with Gasteiger partial charge in [0.2, 0.25) is 5.82 Å². The Morgan fingerprint density at radius 1 is 1.60 bits per heavy atom. The van der Waals surface area contributed by atoms with Crippen LogP contribution in [0.4, 0.5) is 10.1 Å². The topological polar surface area (TPSA) is 64.4 Å². The zero-order valence-corrected chi connectivity index (χ0v) is 8.20. The number of nitro groups is 1. The van der Waals surface area contributed by atoms with E-state index in [1.807, 2.05) is 0 Å².